The molecular weight excluding hydrogens is 348 g/mol. The second-order valence-electron chi connectivity index (χ2n) is 6.02. The second kappa shape index (κ2) is 6.53. The molecule has 0 spiro atoms. The number of carbonyl (C=O) groups is 1. The molecule has 3 aromatic rings. The number of methoxy groups -OCH3 is 1. The van der Waals surface area contributed by atoms with E-state index in [0.717, 1.165) is 39.6 Å². The third-order valence-corrected chi connectivity index (χ3v) is 6.04. The third-order valence-electron chi connectivity index (χ3n) is 4.53. The molecule has 0 saturated carbocycles. The monoisotopic (exact) mass is 366 g/mol. The van der Waals surface area contributed by atoms with Gasteiger partial charge in [0.15, 0.2) is 5.69 Å². The van der Waals surface area contributed by atoms with E-state index >= 15 is 0 Å². The molecular formula is C20H18N2O3S. The standard InChI is InChI=1S/C20H18N2O3S/c1-3-15-16-17(20(23)24)21-22(12-8-5-4-6-9-12)18(16)13-10-7-11-14(25-2)19(13)26-15/h4-11,15H,3H2,1-2H3,(H,23,24). The van der Waals surface area contributed by atoms with Gasteiger partial charge in [0.1, 0.15) is 5.75 Å². The summed E-state index contributed by atoms with van der Waals surface area (Å²) in [5.41, 5.74) is 3.55. The molecule has 0 fully saturated rings. The van der Waals surface area contributed by atoms with Crippen molar-refractivity contribution < 1.29 is 14.6 Å². The van der Waals surface area contributed by atoms with Crippen LogP contribution in [-0.4, -0.2) is 28.0 Å². The summed E-state index contributed by atoms with van der Waals surface area (Å²) in [6.07, 6.45) is 0.802. The van der Waals surface area contributed by atoms with Gasteiger partial charge in [-0.25, -0.2) is 9.48 Å². The van der Waals surface area contributed by atoms with Crippen molar-refractivity contribution in [2.45, 2.75) is 23.5 Å². The third kappa shape index (κ3) is 2.49. The highest BCUT2D eigenvalue weighted by Gasteiger charge is 2.35. The molecule has 0 amide bonds. The quantitative estimate of drug-likeness (QED) is 0.718. The fourth-order valence-electron chi connectivity index (χ4n) is 3.38. The Morgan fingerprint density at radius 1 is 1.23 bits per heavy atom. The van der Waals surface area contributed by atoms with Gasteiger partial charge in [0, 0.05) is 16.4 Å². The first kappa shape index (κ1) is 16.7. The molecule has 1 aliphatic rings. The van der Waals surface area contributed by atoms with Crippen LogP contribution in [0.2, 0.25) is 0 Å². The number of nitrogens with zero attached hydrogens (tertiary/aromatic N) is 2. The molecule has 1 unspecified atom stereocenters. The smallest absolute Gasteiger partial charge is 0.356 e. The summed E-state index contributed by atoms with van der Waals surface area (Å²) in [5, 5.41) is 14.2. The Bertz CT molecular complexity index is 982. The van der Waals surface area contributed by atoms with E-state index in [1.165, 1.54) is 0 Å². The van der Waals surface area contributed by atoms with Crippen molar-refractivity contribution >= 4 is 17.7 Å². The zero-order valence-electron chi connectivity index (χ0n) is 14.5. The Morgan fingerprint density at radius 3 is 2.65 bits per heavy atom. The molecule has 0 radical (unpaired) electrons. The molecule has 1 aromatic heterocycles. The lowest BCUT2D eigenvalue weighted by molar-refractivity contribution is 0.0688. The maximum absolute atomic E-state index is 11.9. The van der Waals surface area contributed by atoms with Gasteiger partial charge < -0.3 is 9.84 Å². The second-order valence-corrected chi connectivity index (χ2v) is 7.23. The number of para-hydroxylation sites is 1. The largest absolute Gasteiger partial charge is 0.496 e. The molecule has 2 heterocycles. The molecule has 26 heavy (non-hydrogen) atoms. The molecule has 5 nitrogen and oxygen atoms in total. The number of carboxylic acid groups (broad SMARTS) is 1. The van der Waals surface area contributed by atoms with Crippen LogP contribution < -0.4 is 4.74 Å². The van der Waals surface area contributed by atoms with Crippen LogP contribution in [0.15, 0.2) is 53.4 Å². The van der Waals surface area contributed by atoms with Crippen LogP contribution in [0, 0.1) is 0 Å². The summed E-state index contributed by atoms with van der Waals surface area (Å²) >= 11 is 1.65. The minimum absolute atomic E-state index is 0.0114. The highest BCUT2D eigenvalue weighted by Crippen LogP contribution is 2.54. The normalized spacial score (nSPS) is 15.2. The van der Waals surface area contributed by atoms with Gasteiger partial charge >= 0.3 is 5.97 Å². The van der Waals surface area contributed by atoms with Gasteiger partial charge in [-0.05, 0) is 24.6 Å². The van der Waals surface area contributed by atoms with Gasteiger partial charge in [0.25, 0.3) is 0 Å². The van der Waals surface area contributed by atoms with Crippen LogP contribution in [0.5, 0.6) is 5.75 Å². The molecule has 6 heteroatoms. The maximum atomic E-state index is 11.9. The predicted molar refractivity (Wildman–Crippen MR) is 101 cm³/mol. The van der Waals surface area contributed by atoms with Crippen molar-refractivity contribution in [3.63, 3.8) is 0 Å². The zero-order chi connectivity index (χ0) is 18.3. The Labute approximate surface area is 155 Å². The number of fused-ring (bicyclic) bond motifs is 3. The average Bonchev–Trinajstić information content (AvgIpc) is 3.09. The summed E-state index contributed by atoms with van der Waals surface area (Å²) < 4.78 is 7.30. The molecule has 4 rings (SSSR count). The molecule has 0 bridgehead atoms. The number of carboxylic acids is 1. The van der Waals surface area contributed by atoms with Crippen LogP contribution in [0.4, 0.5) is 0 Å². The van der Waals surface area contributed by atoms with Gasteiger partial charge in [-0.15, -0.1) is 11.8 Å². The average molecular weight is 366 g/mol. The van der Waals surface area contributed by atoms with Crippen molar-refractivity contribution in [3.8, 4) is 22.7 Å². The topological polar surface area (TPSA) is 64.3 Å². The predicted octanol–water partition coefficient (Wildman–Crippen LogP) is 4.80. The number of thioether (sulfide) groups is 1. The Balaban J connectivity index is 2.08. The zero-order valence-corrected chi connectivity index (χ0v) is 15.3. The minimum Gasteiger partial charge on any atom is -0.496 e. The van der Waals surface area contributed by atoms with Crippen molar-refractivity contribution in [3.05, 3.63) is 59.8 Å². The van der Waals surface area contributed by atoms with E-state index in [2.05, 4.69) is 12.0 Å². The van der Waals surface area contributed by atoms with Gasteiger partial charge in [0.05, 0.1) is 23.4 Å². The van der Waals surface area contributed by atoms with Crippen molar-refractivity contribution in [2.75, 3.05) is 7.11 Å². The van der Waals surface area contributed by atoms with Crippen LogP contribution in [0.1, 0.15) is 34.6 Å². The van der Waals surface area contributed by atoms with Crippen LogP contribution in [-0.2, 0) is 0 Å². The first-order chi connectivity index (χ1) is 12.7. The van der Waals surface area contributed by atoms with Crippen molar-refractivity contribution in [1.82, 2.24) is 9.78 Å². The van der Waals surface area contributed by atoms with Crippen molar-refractivity contribution in [2.24, 2.45) is 0 Å². The number of ether oxygens (including phenoxy) is 1. The number of benzene rings is 2. The Kier molecular flexibility index (Phi) is 4.20. The summed E-state index contributed by atoms with van der Waals surface area (Å²) in [7, 11) is 1.66. The molecule has 1 N–H and O–H groups in total. The van der Waals surface area contributed by atoms with Crippen LogP contribution in [0.25, 0.3) is 16.9 Å². The Hall–Kier alpha value is -2.73. The molecule has 1 aliphatic heterocycles. The van der Waals surface area contributed by atoms with Crippen LogP contribution in [0.3, 0.4) is 0 Å². The van der Waals surface area contributed by atoms with E-state index in [0.29, 0.717) is 0 Å². The van der Waals surface area contributed by atoms with Crippen molar-refractivity contribution in [1.29, 1.82) is 0 Å². The number of hydrogen-bond acceptors (Lipinski definition) is 4. The lowest BCUT2D eigenvalue weighted by atomic mass is 10.00. The number of hydrogen-bond donors (Lipinski definition) is 1. The van der Waals surface area contributed by atoms with Gasteiger partial charge in [-0.1, -0.05) is 37.3 Å². The summed E-state index contributed by atoms with van der Waals surface area (Å²) in [4.78, 5) is 12.9. The fourth-order valence-corrected chi connectivity index (χ4v) is 4.73. The van der Waals surface area contributed by atoms with E-state index < -0.39 is 5.97 Å². The SMILES string of the molecule is CCC1Sc2c(OC)cccc2-c2c1c(C(=O)O)nn2-c1ccccc1. The van der Waals surface area contributed by atoms with E-state index in [1.54, 1.807) is 23.6 Å². The van der Waals surface area contributed by atoms with E-state index in [-0.39, 0.29) is 10.9 Å². The maximum Gasteiger partial charge on any atom is 0.356 e. The highest BCUT2D eigenvalue weighted by atomic mass is 32.2. The van der Waals surface area contributed by atoms with Gasteiger partial charge in [-0.2, -0.15) is 5.10 Å². The fraction of sp³-hybridized carbons (Fsp3) is 0.200. The highest BCUT2D eigenvalue weighted by molar-refractivity contribution is 7.99. The summed E-state index contributed by atoms with van der Waals surface area (Å²) in [6, 6.07) is 15.5. The molecule has 0 saturated heterocycles. The molecule has 0 aliphatic carbocycles. The Morgan fingerprint density at radius 2 is 2.00 bits per heavy atom. The first-order valence-electron chi connectivity index (χ1n) is 8.41. The number of aromatic carboxylic acids is 1. The van der Waals surface area contributed by atoms with E-state index in [9.17, 15) is 9.90 Å². The van der Waals surface area contributed by atoms with E-state index in [4.69, 9.17) is 4.74 Å². The van der Waals surface area contributed by atoms with Crippen LogP contribution >= 0.6 is 11.8 Å². The van der Waals surface area contributed by atoms with E-state index in [1.807, 2.05) is 48.5 Å². The lowest BCUT2D eigenvalue weighted by Crippen LogP contribution is -2.08. The first-order valence-corrected chi connectivity index (χ1v) is 9.29. The molecule has 1 atom stereocenters. The molecule has 2 aromatic carbocycles. The summed E-state index contributed by atoms with van der Waals surface area (Å²) in [5.74, 6) is -0.199. The number of rotatable bonds is 4. The summed E-state index contributed by atoms with van der Waals surface area (Å²) in [6.45, 7) is 2.06. The van der Waals surface area contributed by atoms with Gasteiger partial charge in [0.2, 0.25) is 0 Å². The molecule has 132 valence electrons. The minimum atomic E-state index is -0.999. The number of aromatic nitrogens is 2. The van der Waals surface area contributed by atoms with Gasteiger partial charge in [-0.3, -0.25) is 0 Å². The lowest BCUT2D eigenvalue weighted by Gasteiger charge is -2.26.